The lowest BCUT2D eigenvalue weighted by Gasteiger charge is -2.29. The summed E-state index contributed by atoms with van der Waals surface area (Å²) in [5.74, 6) is 0.00309. The number of carbonyl (C=O) groups is 1. The molecule has 1 aliphatic heterocycles. The number of amides is 1. The summed E-state index contributed by atoms with van der Waals surface area (Å²) in [5, 5.41) is 3.89. The minimum Gasteiger partial charge on any atom is -0.340 e. The van der Waals surface area contributed by atoms with Crippen LogP contribution in [0.25, 0.3) is 0 Å². The number of nitrogens with one attached hydrogen (secondary N) is 1. The molecule has 0 aromatic heterocycles. The van der Waals surface area contributed by atoms with Crippen molar-refractivity contribution in [1.29, 1.82) is 0 Å². The summed E-state index contributed by atoms with van der Waals surface area (Å²) in [5.41, 5.74) is 0.618. The van der Waals surface area contributed by atoms with E-state index in [0.717, 1.165) is 43.7 Å². The molecule has 0 spiro atoms. The van der Waals surface area contributed by atoms with Gasteiger partial charge in [0, 0.05) is 61.4 Å². The summed E-state index contributed by atoms with van der Waals surface area (Å²) in [6, 6.07) is 5.28. The van der Waals surface area contributed by atoms with Crippen molar-refractivity contribution in [2.45, 2.75) is 0 Å². The maximum absolute atomic E-state index is 12.3. The van der Waals surface area contributed by atoms with Crippen molar-refractivity contribution in [2.24, 2.45) is 0 Å². The molecule has 2 rings (SSSR count). The van der Waals surface area contributed by atoms with Crippen LogP contribution >= 0.6 is 27.5 Å². The number of hydrogen-bond donors (Lipinski definition) is 1. The lowest BCUT2D eigenvalue weighted by molar-refractivity contribution is 0.0775. The van der Waals surface area contributed by atoms with Crippen LogP contribution in [0.3, 0.4) is 0 Å². The van der Waals surface area contributed by atoms with Gasteiger partial charge in [0.1, 0.15) is 0 Å². The smallest absolute Gasteiger partial charge is 0.253 e. The van der Waals surface area contributed by atoms with Crippen molar-refractivity contribution in [3.8, 4) is 0 Å². The maximum atomic E-state index is 12.3. The Hall–Kier alpha value is -0.620. The molecule has 4 nitrogen and oxygen atoms in total. The fourth-order valence-corrected chi connectivity index (χ4v) is 3.09. The summed E-state index contributed by atoms with van der Waals surface area (Å²) in [7, 11) is 1.83. The van der Waals surface area contributed by atoms with E-state index in [-0.39, 0.29) is 5.91 Å². The molecule has 0 aliphatic carbocycles. The van der Waals surface area contributed by atoms with Gasteiger partial charge < -0.3 is 10.2 Å². The van der Waals surface area contributed by atoms with Gasteiger partial charge in [-0.3, -0.25) is 9.69 Å². The number of rotatable bonds is 4. The summed E-state index contributed by atoms with van der Waals surface area (Å²) in [4.78, 5) is 16.5. The van der Waals surface area contributed by atoms with Crippen molar-refractivity contribution in [2.75, 3.05) is 46.3 Å². The third-order valence-corrected chi connectivity index (χ3v) is 4.09. The molecule has 0 radical (unpaired) electrons. The molecule has 1 fully saturated rings. The first-order valence-electron chi connectivity index (χ1n) is 6.71. The second kappa shape index (κ2) is 7.41. The molecule has 20 heavy (non-hydrogen) atoms. The Morgan fingerprint density at radius 3 is 2.75 bits per heavy atom. The number of carbonyl (C=O) groups excluding carboxylic acids is 1. The third kappa shape index (κ3) is 4.45. The molecule has 0 saturated carbocycles. The molecule has 0 atom stereocenters. The number of halogens is 2. The van der Waals surface area contributed by atoms with Crippen LogP contribution in [0.2, 0.25) is 5.02 Å². The van der Waals surface area contributed by atoms with Gasteiger partial charge >= 0.3 is 0 Å². The van der Waals surface area contributed by atoms with Crippen LogP contribution in [0.4, 0.5) is 0 Å². The van der Waals surface area contributed by atoms with Gasteiger partial charge in [0.2, 0.25) is 0 Å². The van der Waals surface area contributed by atoms with E-state index in [0.29, 0.717) is 10.6 Å². The van der Waals surface area contributed by atoms with Crippen LogP contribution in [0, 0.1) is 0 Å². The Kier molecular flexibility index (Phi) is 5.84. The van der Waals surface area contributed by atoms with E-state index in [4.69, 9.17) is 11.6 Å². The number of hydrogen-bond acceptors (Lipinski definition) is 3. The molecule has 1 heterocycles. The summed E-state index contributed by atoms with van der Waals surface area (Å²) >= 11 is 9.34. The van der Waals surface area contributed by atoms with Crippen molar-refractivity contribution in [3.05, 3.63) is 33.3 Å². The van der Waals surface area contributed by atoms with Gasteiger partial charge in [0.15, 0.2) is 0 Å². The molecular weight excluding hydrogens is 342 g/mol. The first-order valence-corrected chi connectivity index (χ1v) is 7.88. The molecule has 1 aromatic carbocycles. The first kappa shape index (κ1) is 15.8. The van der Waals surface area contributed by atoms with E-state index in [1.54, 1.807) is 23.1 Å². The van der Waals surface area contributed by atoms with Crippen molar-refractivity contribution in [3.63, 3.8) is 0 Å². The van der Waals surface area contributed by atoms with Gasteiger partial charge in [0.25, 0.3) is 5.91 Å². The Bertz CT molecular complexity index is 457. The van der Waals surface area contributed by atoms with E-state index in [1.165, 1.54) is 0 Å². The van der Waals surface area contributed by atoms with E-state index < -0.39 is 0 Å². The highest BCUT2D eigenvalue weighted by atomic mass is 79.9. The molecule has 1 saturated heterocycles. The van der Waals surface area contributed by atoms with Crippen LogP contribution in [0.5, 0.6) is 0 Å². The predicted octanol–water partition coefficient (Wildman–Crippen LogP) is 2.08. The number of benzene rings is 1. The second-order valence-corrected chi connectivity index (χ2v) is 6.33. The van der Waals surface area contributed by atoms with E-state index >= 15 is 0 Å². The Morgan fingerprint density at radius 1 is 1.40 bits per heavy atom. The highest BCUT2D eigenvalue weighted by molar-refractivity contribution is 9.10. The Labute approximate surface area is 133 Å². The fourth-order valence-electron chi connectivity index (χ4n) is 2.23. The normalized spacial score (nSPS) is 16.1. The molecule has 1 N–H and O–H groups in total. The molecule has 1 amide bonds. The molecule has 1 aliphatic rings. The maximum Gasteiger partial charge on any atom is 0.253 e. The topological polar surface area (TPSA) is 35.6 Å². The van der Waals surface area contributed by atoms with Gasteiger partial charge in [-0.05, 0) is 18.2 Å². The first-order chi connectivity index (χ1) is 9.56. The monoisotopic (exact) mass is 359 g/mol. The Balaban J connectivity index is 1.90. The molecular formula is C14H19BrClN3O. The Morgan fingerprint density at radius 2 is 2.10 bits per heavy atom. The van der Waals surface area contributed by atoms with Crippen LogP contribution in [0.1, 0.15) is 10.4 Å². The minimum atomic E-state index is 0.00309. The van der Waals surface area contributed by atoms with Crippen molar-refractivity contribution < 1.29 is 4.79 Å². The van der Waals surface area contributed by atoms with Crippen LogP contribution in [0.15, 0.2) is 22.7 Å². The zero-order chi connectivity index (χ0) is 14.5. The molecule has 1 aromatic rings. The predicted molar refractivity (Wildman–Crippen MR) is 85.4 cm³/mol. The SMILES string of the molecule is CN(CCN1CCNCC1)C(=O)c1cc(Cl)cc(Br)c1. The minimum absolute atomic E-state index is 0.00309. The quantitative estimate of drug-likeness (QED) is 0.893. The summed E-state index contributed by atoms with van der Waals surface area (Å²) in [6.45, 7) is 5.78. The fraction of sp³-hybridized carbons (Fsp3) is 0.500. The average molecular weight is 361 g/mol. The van der Waals surface area contributed by atoms with Crippen LogP contribution in [-0.4, -0.2) is 62.0 Å². The summed E-state index contributed by atoms with van der Waals surface area (Å²) < 4.78 is 0.823. The number of likely N-dealkylation sites (N-methyl/N-ethyl adjacent to an activating group) is 1. The standard InChI is InChI=1S/C14H19BrClN3O/c1-18(6-7-19-4-2-17-3-5-19)14(20)11-8-12(15)10-13(16)9-11/h8-10,17H,2-7H2,1H3. The molecule has 110 valence electrons. The third-order valence-electron chi connectivity index (χ3n) is 3.42. The van der Waals surface area contributed by atoms with Gasteiger partial charge in [-0.1, -0.05) is 27.5 Å². The van der Waals surface area contributed by atoms with E-state index in [2.05, 4.69) is 26.1 Å². The molecule has 6 heteroatoms. The van der Waals surface area contributed by atoms with Crippen LogP contribution < -0.4 is 5.32 Å². The van der Waals surface area contributed by atoms with Gasteiger partial charge in [-0.15, -0.1) is 0 Å². The molecule has 0 bridgehead atoms. The van der Waals surface area contributed by atoms with E-state index in [1.807, 2.05) is 7.05 Å². The number of piperazine rings is 1. The average Bonchev–Trinajstić information content (AvgIpc) is 2.44. The van der Waals surface area contributed by atoms with Gasteiger partial charge in [-0.2, -0.15) is 0 Å². The number of nitrogens with zero attached hydrogens (tertiary/aromatic N) is 2. The zero-order valence-electron chi connectivity index (χ0n) is 11.5. The van der Waals surface area contributed by atoms with Gasteiger partial charge in [-0.25, -0.2) is 0 Å². The largest absolute Gasteiger partial charge is 0.340 e. The molecule has 0 unspecified atom stereocenters. The highest BCUT2D eigenvalue weighted by Gasteiger charge is 2.15. The second-order valence-electron chi connectivity index (χ2n) is 4.98. The van der Waals surface area contributed by atoms with Crippen molar-refractivity contribution >= 4 is 33.4 Å². The zero-order valence-corrected chi connectivity index (χ0v) is 13.9. The van der Waals surface area contributed by atoms with E-state index in [9.17, 15) is 4.79 Å². The highest BCUT2D eigenvalue weighted by Crippen LogP contribution is 2.20. The summed E-state index contributed by atoms with van der Waals surface area (Å²) in [6.07, 6.45) is 0. The lowest BCUT2D eigenvalue weighted by atomic mass is 10.2. The van der Waals surface area contributed by atoms with Crippen molar-refractivity contribution in [1.82, 2.24) is 15.1 Å². The van der Waals surface area contributed by atoms with Crippen LogP contribution in [-0.2, 0) is 0 Å². The lowest BCUT2D eigenvalue weighted by Crippen LogP contribution is -2.46. The van der Waals surface area contributed by atoms with Gasteiger partial charge in [0.05, 0.1) is 0 Å².